The molecule has 4 rings (SSSR count). The molecule has 6 heteroatoms. The van der Waals surface area contributed by atoms with E-state index < -0.39 is 0 Å². The first-order valence-electron chi connectivity index (χ1n) is 8.43. The number of thiophene rings is 2. The van der Waals surface area contributed by atoms with Gasteiger partial charge in [0.25, 0.3) is 5.91 Å². The molecule has 0 aliphatic heterocycles. The zero-order valence-corrected chi connectivity index (χ0v) is 17.1. The Labute approximate surface area is 168 Å². The highest BCUT2D eigenvalue weighted by Gasteiger charge is 2.27. The standard InChI is InChI=1S/C20H16BrNO2S2/c21-13-9-7-12(8-10-13)18(23)17-14-4-1-2-5-15(14)26-20(17)22-19(24)16-6-3-11-25-16/h3,6-11H,1-2,4-5H2,(H,22,24). The van der Waals surface area contributed by atoms with Crippen molar-refractivity contribution in [2.45, 2.75) is 25.7 Å². The van der Waals surface area contributed by atoms with Gasteiger partial charge in [0.1, 0.15) is 5.00 Å². The van der Waals surface area contributed by atoms with E-state index in [4.69, 9.17) is 0 Å². The summed E-state index contributed by atoms with van der Waals surface area (Å²) in [5.74, 6) is -0.165. The molecule has 0 bridgehead atoms. The van der Waals surface area contributed by atoms with Gasteiger partial charge < -0.3 is 5.32 Å². The first-order valence-corrected chi connectivity index (χ1v) is 10.9. The van der Waals surface area contributed by atoms with Gasteiger partial charge in [0.05, 0.1) is 10.4 Å². The summed E-state index contributed by atoms with van der Waals surface area (Å²) in [6.07, 6.45) is 4.11. The number of halogens is 1. The maximum Gasteiger partial charge on any atom is 0.266 e. The van der Waals surface area contributed by atoms with Crippen molar-refractivity contribution < 1.29 is 9.59 Å². The zero-order chi connectivity index (χ0) is 18.1. The molecule has 3 nitrogen and oxygen atoms in total. The Morgan fingerprint density at radius 3 is 2.54 bits per heavy atom. The summed E-state index contributed by atoms with van der Waals surface area (Å²) < 4.78 is 0.938. The Kier molecular flexibility index (Phi) is 5.07. The van der Waals surface area contributed by atoms with Gasteiger partial charge in [0.2, 0.25) is 0 Å². The Morgan fingerprint density at radius 2 is 1.81 bits per heavy atom. The van der Waals surface area contributed by atoms with E-state index in [0.717, 1.165) is 35.7 Å². The van der Waals surface area contributed by atoms with Crippen molar-refractivity contribution in [2.75, 3.05) is 5.32 Å². The van der Waals surface area contributed by atoms with Crippen LogP contribution in [0, 0.1) is 0 Å². The number of carbonyl (C=O) groups excluding carboxylic acids is 2. The lowest BCUT2D eigenvalue weighted by Crippen LogP contribution is -2.14. The van der Waals surface area contributed by atoms with E-state index in [2.05, 4.69) is 21.2 Å². The van der Waals surface area contributed by atoms with Crippen LogP contribution in [0.25, 0.3) is 0 Å². The number of hydrogen-bond donors (Lipinski definition) is 1. The van der Waals surface area contributed by atoms with E-state index in [1.54, 1.807) is 17.4 Å². The molecule has 132 valence electrons. The second kappa shape index (κ2) is 7.47. The lowest BCUT2D eigenvalue weighted by atomic mass is 9.92. The molecule has 0 spiro atoms. The first-order chi connectivity index (χ1) is 12.6. The van der Waals surface area contributed by atoms with Gasteiger partial charge in [-0.3, -0.25) is 9.59 Å². The highest BCUT2D eigenvalue weighted by atomic mass is 79.9. The molecular weight excluding hydrogens is 430 g/mol. The van der Waals surface area contributed by atoms with E-state index in [1.165, 1.54) is 16.2 Å². The maximum atomic E-state index is 13.2. The average molecular weight is 446 g/mol. The highest BCUT2D eigenvalue weighted by Crippen LogP contribution is 2.39. The monoisotopic (exact) mass is 445 g/mol. The minimum absolute atomic E-state index is 0.0154. The summed E-state index contributed by atoms with van der Waals surface area (Å²) in [5.41, 5.74) is 2.44. The van der Waals surface area contributed by atoms with Crippen LogP contribution in [0.2, 0.25) is 0 Å². The first kappa shape index (κ1) is 17.6. The number of hydrogen-bond acceptors (Lipinski definition) is 4. The van der Waals surface area contributed by atoms with Gasteiger partial charge in [-0.15, -0.1) is 22.7 Å². The van der Waals surface area contributed by atoms with Crippen LogP contribution in [0.5, 0.6) is 0 Å². The Morgan fingerprint density at radius 1 is 1.04 bits per heavy atom. The number of aryl methyl sites for hydroxylation is 1. The van der Waals surface area contributed by atoms with Crippen LogP contribution in [-0.2, 0) is 12.8 Å². The smallest absolute Gasteiger partial charge is 0.266 e. The number of nitrogens with one attached hydrogen (secondary N) is 1. The highest BCUT2D eigenvalue weighted by molar-refractivity contribution is 9.10. The summed E-state index contributed by atoms with van der Waals surface area (Å²) in [7, 11) is 0. The molecule has 0 fully saturated rings. The molecule has 0 saturated carbocycles. The number of amides is 1. The van der Waals surface area contributed by atoms with Gasteiger partial charge in [-0.25, -0.2) is 0 Å². The van der Waals surface area contributed by atoms with Gasteiger partial charge in [0.15, 0.2) is 5.78 Å². The molecule has 3 aromatic rings. The van der Waals surface area contributed by atoms with E-state index in [0.29, 0.717) is 21.0 Å². The molecule has 1 aliphatic carbocycles. The normalized spacial score (nSPS) is 13.3. The van der Waals surface area contributed by atoms with Gasteiger partial charge in [-0.1, -0.05) is 22.0 Å². The van der Waals surface area contributed by atoms with Crippen LogP contribution in [0.3, 0.4) is 0 Å². The molecule has 1 N–H and O–H groups in total. The fraction of sp³-hybridized carbons (Fsp3) is 0.200. The molecule has 26 heavy (non-hydrogen) atoms. The quantitative estimate of drug-likeness (QED) is 0.505. The minimum atomic E-state index is -0.150. The van der Waals surface area contributed by atoms with Gasteiger partial charge in [0, 0.05) is 14.9 Å². The van der Waals surface area contributed by atoms with Gasteiger partial charge in [-0.05, 0) is 67.0 Å². The minimum Gasteiger partial charge on any atom is -0.312 e. The summed E-state index contributed by atoms with van der Waals surface area (Å²) in [6.45, 7) is 0. The Bertz CT molecular complexity index is 959. The predicted molar refractivity (Wildman–Crippen MR) is 111 cm³/mol. The van der Waals surface area contributed by atoms with Gasteiger partial charge >= 0.3 is 0 Å². The third-order valence-electron chi connectivity index (χ3n) is 4.48. The van der Waals surface area contributed by atoms with Crippen molar-refractivity contribution in [3.63, 3.8) is 0 Å². The predicted octanol–water partition coefficient (Wildman–Crippen LogP) is 5.93. The largest absolute Gasteiger partial charge is 0.312 e. The molecule has 2 aromatic heterocycles. The third-order valence-corrected chi connectivity index (χ3v) is 7.08. The summed E-state index contributed by atoms with van der Waals surface area (Å²) in [4.78, 5) is 27.6. The second-order valence-corrected chi connectivity index (χ2v) is 9.15. The van der Waals surface area contributed by atoms with Crippen molar-refractivity contribution in [3.05, 3.63) is 72.7 Å². The van der Waals surface area contributed by atoms with Crippen LogP contribution in [0.4, 0.5) is 5.00 Å². The number of fused-ring (bicyclic) bond motifs is 1. The summed E-state index contributed by atoms with van der Waals surface area (Å²) in [6, 6.07) is 11.0. The fourth-order valence-electron chi connectivity index (χ4n) is 3.21. The number of ketones is 1. The molecule has 1 aromatic carbocycles. The topological polar surface area (TPSA) is 46.2 Å². The van der Waals surface area contributed by atoms with Crippen LogP contribution >= 0.6 is 38.6 Å². The molecule has 0 unspecified atom stereocenters. The Balaban J connectivity index is 1.74. The third kappa shape index (κ3) is 3.41. The van der Waals surface area contributed by atoms with E-state index >= 15 is 0 Å². The molecular formula is C20H16BrNO2S2. The van der Waals surface area contributed by atoms with Crippen molar-refractivity contribution >= 4 is 55.3 Å². The van der Waals surface area contributed by atoms with Crippen LogP contribution in [0.1, 0.15) is 48.9 Å². The number of rotatable bonds is 4. The van der Waals surface area contributed by atoms with E-state index in [9.17, 15) is 9.59 Å². The SMILES string of the molecule is O=C(Nc1sc2c(c1C(=O)c1ccc(Br)cc1)CCCC2)c1cccs1. The van der Waals surface area contributed by atoms with Crippen LogP contribution < -0.4 is 5.32 Å². The van der Waals surface area contributed by atoms with Crippen LogP contribution in [0.15, 0.2) is 46.3 Å². The van der Waals surface area contributed by atoms with Crippen molar-refractivity contribution in [1.82, 2.24) is 0 Å². The van der Waals surface area contributed by atoms with Crippen molar-refractivity contribution in [2.24, 2.45) is 0 Å². The average Bonchev–Trinajstić information content (AvgIpc) is 3.29. The molecule has 1 aliphatic rings. The second-order valence-electron chi connectivity index (χ2n) is 6.18. The molecule has 0 radical (unpaired) electrons. The molecule has 2 heterocycles. The lowest BCUT2D eigenvalue weighted by Gasteiger charge is -2.12. The van der Waals surface area contributed by atoms with Crippen LogP contribution in [-0.4, -0.2) is 11.7 Å². The zero-order valence-electron chi connectivity index (χ0n) is 13.9. The number of benzene rings is 1. The maximum absolute atomic E-state index is 13.2. The fourth-order valence-corrected chi connectivity index (χ4v) is 5.38. The Hall–Kier alpha value is -1.76. The van der Waals surface area contributed by atoms with Crippen molar-refractivity contribution in [1.29, 1.82) is 0 Å². The van der Waals surface area contributed by atoms with Gasteiger partial charge in [-0.2, -0.15) is 0 Å². The number of anilines is 1. The molecule has 0 atom stereocenters. The number of carbonyl (C=O) groups is 2. The van der Waals surface area contributed by atoms with Crippen molar-refractivity contribution in [3.8, 4) is 0 Å². The summed E-state index contributed by atoms with van der Waals surface area (Å²) >= 11 is 6.36. The lowest BCUT2D eigenvalue weighted by molar-refractivity contribution is 0.103. The van der Waals surface area contributed by atoms with E-state index in [-0.39, 0.29) is 11.7 Å². The van der Waals surface area contributed by atoms with E-state index in [1.807, 2.05) is 35.7 Å². The summed E-state index contributed by atoms with van der Waals surface area (Å²) in [5, 5.41) is 5.55. The molecule has 1 amide bonds. The molecule has 0 saturated heterocycles.